The van der Waals surface area contributed by atoms with Gasteiger partial charge in [-0.2, -0.15) is 11.8 Å². The summed E-state index contributed by atoms with van der Waals surface area (Å²) in [6.07, 6.45) is 1.42. The van der Waals surface area contributed by atoms with Crippen molar-refractivity contribution in [3.8, 4) is 5.75 Å². The highest BCUT2D eigenvalue weighted by atomic mass is 32.2. The molecular formula is C13H20N2O2S. The smallest absolute Gasteiger partial charge is 0.224 e. The van der Waals surface area contributed by atoms with Crippen molar-refractivity contribution in [1.82, 2.24) is 0 Å². The van der Waals surface area contributed by atoms with Gasteiger partial charge in [0.05, 0.1) is 18.5 Å². The van der Waals surface area contributed by atoms with Crippen LogP contribution in [-0.2, 0) is 4.79 Å². The van der Waals surface area contributed by atoms with E-state index >= 15 is 0 Å². The molecule has 1 aromatic carbocycles. The van der Waals surface area contributed by atoms with Crippen LogP contribution in [-0.4, -0.2) is 24.5 Å². The van der Waals surface area contributed by atoms with Gasteiger partial charge in [0.2, 0.25) is 5.91 Å². The number of anilines is 2. The van der Waals surface area contributed by atoms with Crippen molar-refractivity contribution in [3.05, 3.63) is 18.2 Å². The fourth-order valence-corrected chi connectivity index (χ4v) is 2.11. The molecule has 0 aromatic heterocycles. The molecule has 0 atom stereocenters. The zero-order valence-corrected chi connectivity index (χ0v) is 11.7. The van der Waals surface area contributed by atoms with Crippen LogP contribution in [0.5, 0.6) is 5.75 Å². The SMILES string of the molecule is CCSCCCC(=O)Nc1ccc(OC)cc1N. The molecule has 1 amide bonds. The van der Waals surface area contributed by atoms with Gasteiger partial charge in [-0.3, -0.25) is 4.79 Å². The molecule has 0 aliphatic heterocycles. The Bertz CT molecular complexity index is 397. The minimum Gasteiger partial charge on any atom is -0.497 e. The number of rotatable bonds is 7. The van der Waals surface area contributed by atoms with Crippen LogP contribution < -0.4 is 15.8 Å². The standard InChI is InChI=1S/C13H20N2O2S/c1-3-18-8-4-5-13(16)15-12-7-6-10(17-2)9-11(12)14/h6-7,9H,3-5,8,14H2,1-2H3,(H,15,16). The molecule has 3 N–H and O–H groups in total. The minimum absolute atomic E-state index is 0.00331. The van der Waals surface area contributed by atoms with Gasteiger partial charge in [0.25, 0.3) is 0 Å². The maximum Gasteiger partial charge on any atom is 0.224 e. The van der Waals surface area contributed by atoms with Gasteiger partial charge in [0.1, 0.15) is 5.75 Å². The molecule has 4 nitrogen and oxygen atoms in total. The van der Waals surface area contributed by atoms with Gasteiger partial charge in [-0.05, 0) is 30.1 Å². The Morgan fingerprint density at radius 3 is 2.89 bits per heavy atom. The lowest BCUT2D eigenvalue weighted by Crippen LogP contribution is -2.12. The van der Waals surface area contributed by atoms with Crippen molar-refractivity contribution < 1.29 is 9.53 Å². The van der Waals surface area contributed by atoms with Crippen molar-refractivity contribution in [2.45, 2.75) is 19.8 Å². The van der Waals surface area contributed by atoms with Crippen molar-refractivity contribution in [3.63, 3.8) is 0 Å². The Balaban J connectivity index is 2.44. The molecule has 0 bridgehead atoms. The fourth-order valence-electron chi connectivity index (χ4n) is 1.47. The van der Waals surface area contributed by atoms with Crippen LogP contribution in [0.4, 0.5) is 11.4 Å². The lowest BCUT2D eigenvalue weighted by molar-refractivity contribution is -0.116. The summed E-state index contributed by atoms with van der Waals surface area (Å²) in [6.45, 7) is 2.11. The predicted octanol–water partition coefficient (Wildman–Crippen LogP) is 2.75. The van der Waals surface area contributed by atoms with Crippen LogP contribution in [0.3, 0.4) is 0 Å². The first-order valence-corrected chi connectivity index (χ1v) is 7.14. The summed E-state index contributed by atoms with van der Waals surface area (Å²) in [4.78, 5) is 11.7. The van der Waals surface area contributed by atoms with E-state index in [1.54, 1.807) is 25.3 Å². The van der Waals surface area contributed by atoms with Crippen molar-refractivity contribution in [1.29, 1.82) is 0 Å². The molecule has 0 saturated carbocycles. The van der Waals surface area contributed by atoms with Gasteiger partial charge in [-0.1, -0.05) is 6.92 Å². The van der Waals surface area contributed by atoms with Gasteiger partial charge in [-0.15, -0.1) is 0 Å². The molecule has 0 radical (unpaired) electrons. The third-order valence-electron chi connectivity index (χ3n) is 2.43. The fraction of sp³-hybridized carbons (Fsp3) is 0.462. The first kappa shape index (κ1) is 14.7. The topological polar surface area (TPSA) is 64.3 Å². The lowest BCUT2D eigenvalue weighted by Gasteiger charge is -2.09. The molecule has 0 spiro atoms. The number of hydrogen-bond acceptors (Lipinski definition) is 4. The average molecular weight is 268 g/mol. The molecule has 5 heteroatoms. The third-order valence-corrected chi connectivity index (χ3v) is 3.42. The molecule has 1 rings (SSSR count). The first-order chi connectivity index (χ1) is 8.67. The predicted molar refractivity (Wildman–Crippen MR) is 78.3 cm³/mol. The van der Waals surface area contributed by atoms with E-state index in [-0.39, 0.29) is 5.91 Å². The number of nitrogens with two attached hydrogens (primary N) is 1. The van der Waals surface area contributed by atoms with Gasteiger partial charge >= 0.3 is 0 Å². The first-order valence-electron chi connectivity index (χ1n) is 5.98. The van der Waals surface area contributed by atoms with E-state index in [4.69, 9.17) is 10.5 Å². The van der Waals surface area contributed by atoms with Crippen molar-refractivity contribution in [2.24, 2.45) is 0 Å². The summed E-state index contributed by atoms with van der Waals surface area (Å²) in [5, 5.41) is 2.81. The van der Waals surface area contributed by atoms with E-state index < -0.39 is 0 Å². The number of carbonyl (C=O) groups excluding carboxylic acids is 1. The summed E-state index contributed by atoms with van der Waals surface area (Å²) in [5.74, 6) is 2.79. The number of benzene rings is 1. The third kappa shape index (κ3) is 4.87. The molecule has 0 heterocycles. The normalized spacial score (nSPS) is 10.1. The highest BCUT2D eigenvalue weighted by molar-refractivity contribution is 7.99. The quantitative estimate of drug-likeness (QED) is 0.589. The highest BCUT2D eigenvalue weighted by Gasteiger charge is 2.06. The van der Waals surface area contributed by atoms with Gasteiger partial charge in [0.15, 0.2) is 0 Å². The van der Waals surface area contributed by atoms with E-state index in [1.807, 2.05) is 11.8 Å². The molecule has 0 saturated heterocycles. The molecule has 100 valence electrons. The van der Waals surface area contributed by atoms with Crippen molar-refractivity contribution in [2.75, 3.05) is 29.7 Å². The van der Waals surface area contributed by atoms with E-state index in [2.05, 4.69) is 12.2 Å². The highest BCUT2D eigenvalue weighted by Crippen LogP contribution is 2.24. The molecule has 0 fully saturated rings. The number of hydrogen-bond donors (Lipinski definition) is 2. The summed E-state index contributed by atoms with van der Waals surface area (Å²) in [7, 11) is 1.58. The molecule has 1 aromatic rings. The lowest BCUT2D eigenvalue weighted by atomic mass is 10.2. The zero-order valence-electron chi connectivity index (χ0n) is 10.9. The number of methoxy groups -OCH3 is 1. The van der Waals surface area contributed by atoms with Gasteiger partial charge in [-0.25, -0.2) is 0 Å². The monoisotopic (exact) mass is 268 g/mol. The summed E-state index contributed by atoms with van der Waals surface area (Å²) in [5.41, 5.74) is 6.98. The largest absolute Gasteiger partial charge is 0.497 e. The maximum absolute atomic E-state index is 11.7. The Labute approximate surface area is 112 Å². The van der Waals surface area contributed by atoms with Gasteiger partial charge in [0, 0.05) is 12.5 Å². The number of thioether (sulfide) groups is 1. The Morgan fingerprint density at radius 2 is 2.28 bits per heavy atom. The number of ether oxygens (including phenoxy) is 1. The molecular weight excluding hydrogens is 248 g/mol. The summed E-state index contributed by atoms with van der Waals surface area (Å²) >= 11 is 1.84. The second-order valence-electron chi connectivity index (χ2n) is 3.80. The second kappa shape index (κ2) is 7.87. The number of nitrogen functional groups attached to an aromatic ring is 1. The zero-order chi connectivity index (χ0) is 13.4. The number of amides is 1. The summed E-state index contributed by atoms with van der Waals surface area (Å²) in [6, 6.07) is 5.23. The number of carbonyl (C=O) groups is 1. The van der Waals surface area contributed by atoms with Crippen LogP contribution in [0.1, 0.15) is 19.8 Å². The van der Waals surface area contributed by atoms with Crippen LogP contribution in [0, 0.1) is 0 Å². The Morgan fingerprint density at radius 1 is 1.50 bits per heavy atom. The minimum atomic E-state index is 0.00331. The van der Waals surface area contributed by atoms with E-state index in [0.717, 1.165) is 17.9 Å². The number of nitrogens with one attached hydrogen (secondary N) is 1. The van der Waals surface area contributed by atoms with Crippen LogP contribution >= 0.6 is 11.8 Å². The van der Waals surface area contributed by atoms with E-state index in [9.17, 15) is 4.79 Å². The van der Waals surface area contributed by atoms with Crippen molar-refractivity contribution >= 4 is 29.0 Å². The van der Waals surface area contributed by atoms with E-state index in [1.165, 1.54) is 0 Å². The van der Waals surface area contributed by atoms with Gasteiger partial charge < -0.3 is 15.8 Å². The Kier molecular flexibility index (Phi) is 6.43. The molecule has 18 heavy (non-hydrogen) atoms. The second-order valence-corrected chi connectivity index (χ2v) is 5.20. The summed E-state index contributed by atoms with van der Waals surface area (Å²) < 4.78 is 5.05. The molecule has 0 aliphatic carbocycles. The van der Waals surface area contributed by atoms with Crippen LogP contribution in [0.15, 0.2) is 18.2 Å². The molecule has 0 aliphatic rings. The van der Waals surface area contributed by atoms with Crippen LogP contribution in [0.2, 0.25) is 0 Å². The average Bonchev–Trinajstić information content (AvgIpc) is 2.37. The maximum atomic E-state index is 11.7. The van der Waals surface area contributed by atoms with Crippen LogP contribution in [0.25, 0.3) is 0 Å². The molecule has 0 unspecified atom stereocenters. The Hall–Kier alpha value is -1.36. The van der Waals surface area contributed by atoms with E-state index in [0.29, 0.717) is 23.5 Å².